The summed E-state index contributed by atoms with van der Waals surface area (Å²) in [6.45, 7) is 8.13. The number of nitrogens with one attached hydrogen (secondary N) is 1. The van der Waals surface area contributed by atoms with Crippen LogP contribution in [0.1, 0.15) is 36.8 Å². The molecule has 0 radical (unpaired) electrons. The van der Waals surface area contributed by atoms with Gasteiger partial charge in [0.2, 0.25) is 5.91 Å². The number of rotatable bonds is 7. The summed E-state index contributed by atoms with van der Waals surface area (Å²) < 4.78 is 13.4. The van der Waals surface area contributed by atoms with Crippen molar-refractivity contribution in [1.29, 1.82) is 0 Å². The Morgan fingerprint density at radius 2 is 2.07 bits per heavy atom. The summed E-state index contributed by atoms with van der Waals surface area (Å²) in [4.78, 5) is 14.6. The minimum absolute atomic E-state index is 0.000901. The van der Waals surface area contributed by atoms with E-state index in [0.29, 0.717) is 18.8 Å². The van der Waals surface area contributed by atoms with Gasteiger partial charge < -0.3 is 14.8 Å². The molecule has 2 aliphatic heterocycles. The number of hydrogen-bond donors (Lipinski definition) is 1. The van der Waals surface area contributed by atoms with Crippen LogP contribution in [0.2, 0.25) is 0 Å². The van der Waals surface area contributed by atoms with Crippen LogP contribution in [-0.2, 0) is 16.1 Å². The molecule has 0 aliphatic carbocycles. The molecule has 1 aromatic carbocycles. The van der Waals surface area contributed by atoms with Crippen molar-refractivity contribution in [3.05, 3.63) is 41.6 Å². The van der Waals surface area contributed by atoms with Crippen molar-refractivity contribution in [2.75, 3.05) is 44.8 Å². The molecule has 150 valence electrons. The fourth-order valence-corrected chi connectivity index (χ4v) is 3.90. The average Bonchev–Trinajstić information content (AvgIpc) is 3.15. The highest BCUT2D eigenvalue weighted by molar-refractivity contribution is 5.94. The number of carbonyl (C=O) groups is 1. The second-order valence-corrected chi connectivity index (χ2v) is 7.29. The number of aryl methyl sites for hydroxylation is 1. The van der Waals surface area contributed by atoms with Crippen LogP contribution in [-0.4, -0.2) is 60.0 Å². The molecule has 1 unspecified atom stereocenters. The number of amides is 1. The molecule has 4 rings (SSSR count). The standard InChI is InChI=1S/C21H28N4O3/c1-2-25-15-18-17(14-20(26)22-21(18)23-25)16-6-3-4-7-19(16)28-11-5-8-24-9-12-27-13-10-24/h3-4,6-7,15,17H,2,5,8-14H2,1H3,(H,22,23,26). The molecule has 1 N–H and O–H groups in total. The van der Waals surface area contributed by atoms with Gasteiger partial charge in [-0.25, -0.2) is 0 Å². The first-order chi connectivity index (χ1) is 13.7. The molecule has 2 aliphatic rings. The summed E-state index contributed by atoms with van der Waals surface area (Å²) in [7, 11) is 0. The number of fused-ring (bicyclic) bond motifs is 1. The summed E-state index contributed by atoms with van der Waals surface area (Å²) in [5.41, 5.74) is 2.12. The Bertz CT molecular complexity index is 814. The zero-order valence-corrected chi connectivity index (χ0v) is 16.4. The first-order valence-electron chi connectivity index (χ1n) is 10.1. The molecule has 7 heteroatoms. The summed E-state index contributed by atoms with van der Waals surface area (Å²) in [5, 5.41) is 7.38. The van der Waals surface area contributed by atoms with E-state index >= 15 is 0 Å². The fourth-order valence-electron chi connectivity index (χ4n) is 3.90. The molecule has 1 atom stereocenters. The Hall–Kier alpha value is -2.38. The third-order valence-corrected chi connectivity index (χ3v) is 5.41. The van der Waals surface area contributed by atoms with Gasteiger partial charge in [0, 0.05) is 55.8 Å². The molecule has 1 aromatic heterocycles. The summed E-state index contributed by atoms with van der Waals surface area (Å²) in [6, 6.07) is 8.06. The van der Waals surface area contributed by atoms with Crippen molar-refractivity contribution in [3.63, 3.8) is 0 Å². The van der Waals surface area contributed by atoms with Crippen molar-refractivity contribution in [2.24, 2.45) is 0 Å². The molecular formula is C21H28N4O3. The molecule has 7 nitrogen and oxygen atoms in total. The van der Waals surface area contributed by atoms with Gasteiger partial charge in [-0.2, -0.15) is 5.10 Å². The molecule has 0 saturated carbocycles. The maximum atomic E-state index is 12.2. The van der Waals surface area contributed by atoms with Crippen LogP contribution in [0.5, 0.6) is 5.75 Å². The molecule has 1 saturated heterocycles. The van der Waals surface area contributed by atoms with Gasteiger partial charge in [-0.05, 0) is 19.4 Å². The molecule has 28 heavy (non-hydrogen) atoms. The Morgan fingerprint density at radius 3 is 2.89 bits per heavy atom. The topological polar surface area (TPSA) is 68.6 Å². The van der Waals surface area contributed by atoms with E-state index in [2.05, 4.69) is 21.4 Å². The second kappa shape index (κ2) is 8.75. The number of benzene rings is 1. The van der Waals surface area contributed by atoms with E-state index in [-0.39, 0.29) is 11.8 Å². The summed E-state index contributed by atoms with van der Waals surface area (Å²) in [6.07, 6.45) is 3.42. The molecule has 0 bridgehead atoms. The van der Waals surface area contributed by atoms with E-state index in [1.807, 2.05) is 36.0 Å². The Balaban J connectivity index is 1.45. The predicted octanol–water partition coefficient (Wildman–Crippen LogP) is 2.48. The Labute approximate surface area is 165 Å². The van der Waals surface area contributed by atoms with E-state index in [4.69, 9.17) is 9.47 Å². The Morgan fingerprint density at radius 1 is 1.25 bits per heavy atom. The fraction of sp³-hybridized carbons (Fsp3) is 0.524. The normalized spacial score (nSPS) is 19.9. The monoisotopic (exact) mass is 384 g/mol. The van der Waals surface area contributed by atoms with E-state index in [0.717, 1.165) is 62.7 Å². The van der Waals surface area contributed by atoms with E-state index in [9.17, 15) is 4.79 Å². The lowest BCUT2D eigenvalue weighted by atomic mass is 9.87. The number of anilines is 1. The Kier molecular flexibility index (Phi) is 5.92. The molecular weight excluding hydrogens is 356 g/mol. The van der Waals surface area contributed by atoms with Crippen molar-refractivity contribution < 1.29 is 14.3 Å². The molecule has 3 heterocycles. The van der Waals surface area contributed by atoms with Gasteiger partial charge >= 0.3 is 0 Å². The predicted molar refractivity (Wildman–Crippen MR) is 107 cm³/mol. The van der Waals surface area contributed by atoms with Crippen LogP contribution in [0.3, 0.4) is 0 Å². The van der Waals surface area contributed by atoms with Gasteiger partial charge in [-0.3, -0.25) is 14.4 Å². The highest BCUT2D eigenvalue weighted by Gasteiger charge is 2.31. The van der Waals surface area contributed by atoms with Gasteiger partial charge in [0.15, 0.2) is 5.82 Å². The third kappa shape index (κ3) is 4.20. The number of ether oxygens (including phenoxy) is 2. The van der Waals surface area contributed by atoms with Gasteiger partial charge in [0.1, 0.15) is 5.75 Å². The van der Waals surface area contributed by atoms with Crippen molar-refractivity contribution >= 4 is 11.7 Å². The van der Waals surface area contributed by atoms with Crippen molar-refractivity contribution in [3.8, 4) is 5.75 Å². The van der Waals surface area contributed by atoms with E-state index < -0.39 is 0 Å². The van der Waals surface area contributed by atoms with Crippen LogP contribution in [0.15, 0.2) is 30.5 Å². The van der Waals surface area contributed by atoms with Crippen LogP contribution >= 0.6 is 0 Å². The van der Waals surface area contributed by atoms with Crippen molar-refractivity contribution in [1.82, 2.24) is 14.7 Å². The van der Waals surface area contributed by atoms with E-state index in [1.165, 1.54) is 0 Å². The van der Waals surface area contributed by atoms with Gasteiger partial charge in [0.05, 0.1) is 19.8 Å². The highest BCUT2D eigenvalue weighted by Crippen LogP contribution is 2.40. The van der Waals surface area contributed by atoms with Crippen LogP contribution in [0.25, 0.3) is 0 Å². The van der Waals surface area contributed by atoms with Gasteiger partial charge in [-0.15, -0.1) is 0 Å². The summed E-state index contributed by atoms with van der Waals surface area (Å²) in [5.74, 6) is 1.50. The zero-order chi connectivity index (χ0) is 19.3. The quantitative estimate of drug-likeness (QED) is 0.743. The number of hydrogen-bond acceptors (Lipinski definition) is 5. The lowest BCUT2D eigenvalue weighted by Gasteiger charge is -2.27. The molecule has 0 spiro atoms. The lowest BCUT2D eigenvalue weighted by molar-refractivity contribution is -0.116. The van der Waals surface area contributed by atoms with Crippen LogP contribution < -0.4 is 10.1 Å². The zero-order valence-electron chi connectivity index (χ0n) is 16.4. The maximum absolute atomic E-state index is 12.2. The number of carbonyl (C=O) groups excluding carboxylic acids is 1. The minimum Gasteiger partial charge on any atom is -0.493 e. The second-order valence-electron chi connectivity index (χ2n) is 7.29. The third-order valence-electron chi connectivity index (χ3n) is 5.41. The largest absolute Gasteiger partial charge is 0.493 e. The highest BCUT2D eigenvalue weighted by atomic mass is 16.5. The maximum Gasteiger partial charge on any atom is 0.226 e. The van der Waals surface area contributed by atoms with Gasteiger partial charge in [-0.1, -0.05) is 18.2 Å². The van der Waals surface area contributed by atoms with Crippen LogP contribution in [0, 0.1) is 0 Å². The molecule has 1 fully saturated rings. The SMILES string of the molecule is CCn1cc2c(n1)NC(=O)CC2c1ccccc1OCCCN1CCOCC1. The van der Waals surface area contributed by atoms with Crippen LogP contribution in [0.4, 0.5) is 5.82 Å². The summed E-state index contributed by atoms with van der Waals surface area (Å²) >= 11 is 0. The van der Waals surface area contributed by atoms with Gasteiger partial charge in [0.25, 0.3) is 0 Å². The first-order valence-corrected chi connectivity index (χ1v) is 10.1. The number of nitrogens with zero attached hydrogens (tertiary/aromatic N) is 3. The lowest BCUT2D eigenvalue weighted by Crippen LogP contribution is -2.37. The molecule has 1 amide bonds. The van der Waals surface area contributed by atoms with E-state index in [1.54, 1.807) is 0 Å². The van der Waals surface area contributed by atoms with Crippen molar-refractivity contribution in [2.45, 2.75) is 32.2 Å². The number of morpholine rings is 1. The number of para-hydroxylation sites is 1. The first kappa shape index (κ1) is 19.0. The molecule has 2 aromatic rings. The average molecular weight is 384 g/mol. The minimum atomic E-state index is -0.0282. The smallest absolute Gasteiger partial charge is 0.226 e. The number of aromatic nitrogens is 2.